The first-order valence-electron chi connectivity index (χ1n) is 8.09. The minimum absolute atomic E-state index is 0.521. The molecule has 0 bridgehead atoms. The van der Waals surface area contributed by atoms with E-state index in [4.69, 9.17) is 21.1 Å². The average molecular weight is 362 g/mol. The molecule has 3 rings (SSSR count). The Labute approximate surface area is 150 Å². The van der Waals surface area contributed by atoms with E-state index in [-0.39, 0.29) is 0 Å². The molecule has 2 aromatic heterocycles. The summed E-state index contributed by atoms with van der Waals surface area (Å²) in [5.41, 5.74) is 2.59. The quantitative estimate of drug-likeness (QED) is 0.649. The Hall–Kier alpha value is -2.22. The van der Waals surface area contributed by atoms with Crippen LogP contribution in [0.4, 0.5) is 5.82 Å². The Morgan fingerprint density at radius 3 is 2.68 bits per heavy atom. The lowest BCUT2D eigenvalue weighted by atomic mass is 10.2. The van der Waals surface area contributed by atoms with Crippen LogP contribution in [-0.4, -0.2) is 39.4 Å². The van der Waals surface area contributed by atoms with Gasteiger partial charge in [0, 0.05) is 18.2 Å². The van der Waals surface area contributed by atoms with Crippen LogP contribution in [0.3, 0.4) is 0 Å². The van der Waals surface area contributed by atoms with Gasteiger partial charge in [-0.25, -0.2) is 14.6 Å². The van der Waals surface area contributed by atoms with Crippen LogP contribution in [0.2, 0.25) is 5.02 Å². The Balaban J connectivity index is 2.01. The van der Waals surface area contributed by atoms with Gasteiger partial charge in [0.1, 0.15) is 12.1 Å². The van der Waals surface area contributed by atoms with Crippen molar-refractivity contribution < 1.29 is 9.47 Å². The number of halogens is 1. The fraction of sp³-hybridized carbons (Fsp3) is 0.353. The zero-order valence-electron chi connectivity index (χ0n) is 14.4. The summed E-state index contributed by atoms with van der Waals surface area (Å²) in [7, 11) is 0. The predicted octanol–water partition coefficient (Wildman–Crippen LogP) is 3.55. The van der Waals surface area contributed by atoms with E-state index < -0.39 is 6.41 Å². The Morgan fingerprint density at radius 1 is 1.20 bits per heavy atom. The van der Waals surface area contributed by atoms with Gasteiger partial charge in [0.25, 0.3) is 0 Å². The Bertz CT molecular complexity index is 861. The van der Waals surface area contributed by atoms with Gasteiger partial charge in [0.15, 0.2) is 5.65 Å². The lowest BCUT2D eigenvalue weighted by Crippen LogP contribution is -2.27. The van der Waals surface area contributed by atoms with Crippen LogP contribution in [0.5, 0.6) is 0 Å². The lowest BCUT2D eigenvalue weighted by Gasteiger charge is -2.18. The van der Waals surface area contributed by atoms with E-state index in [0.29, 0.717) is 29.7 Å². The van der Waals surface area contributed by atoms with E-state index in [1.54, 1.807) is 10.9 Å². The molecule has 132 valence electrons. The standard InChI is InChI=1S/C17H20ClN5O2/c1-4-24-17(25-5-2)22-15-13-9-21-23(16(13)20-10-19-15)14-8-12(18)7-6-11(14)3/h6-10,17H,4-5H2,1-3H3,(H,19,20,22). The summed E-state index contributed by atoms with van der Waals surface area (Å²) < 4.78 is 12.8. The molecule has 0 atom stereocenters. The van der Waals surface area contributed by atoms with Crippen LogP contribution < -0.4 is 5.32 Å². The van der Waals surface area contributed by atoms with Crippen LogP contribution in [0.15, 0.2) is 30.7 Å². The monoisotopic (exact) mass is 361 g/mol. The second-order valence-electron chi connectivity index (χ2n) is 5.33. The summed E-state index contributed by atoms with van der Waals surface area (Å²) >= 11 is 6.14. The molecular weight excluding hydrogens is 342 g/mol. The van der Waals surface area contributed by atoms with Crippen molar-refractivity contribution in [1.29, 1.82) is 0 Å². The molecule has 0 saturated carbocycles. The van der Waals surface area contributed by atoms with Gasteiger partial charge in [-0.1, -0.05) is 17.7 Å². The Morgan fingerprint density at radius 2 is 1.96 bits per heavy atom. The van der Waals surface area contributed by atoms with Gasteiger partial charge < -0.3 is 14.8 Å². The second kappa shape index (κ2) is 7.77. The van der Waals surface area contributed by atoms with Crippen LogP contribution in [0.1, 0.15) is 19.4 Å². The van der Waals surface area contributed by atoms with Crippen LogP contribution in [-0.2, 0) is 9.47 Å². The first-order valence-corrected chi connectivity index (χ1v) is 8.46. The number of anilines is 1. The van der Waals surface area contributed by atoms with Gasteiger partial charge in [0.05, 0.1) is 17.3 Å². The van der Waals surface area contributed by atoms with Gasteiger partial charge in [-0.2, -0.15) is 5.10 Å². The van der Waals surface area contributed by atoms with Crippen molar-refractivity contribution in [2.45, 2.75) is 27.2 Å². The number of ether oxygens (including phenoxy) is 2. The highest BCUT2D eigenvalue weighted by Gasteiger charge is 2.16. The van der Waals surface area contributed by atoms with E-state index >= 15 is 0 Å². The number of rotatable bonds is 7. The van der Waals surface area contributed by atoms with Crippen molar-refractivity contribution in [3.8, 4) is 5.69 Å². The second-order valence-corrected chi connectivity index (χ2v) is 5.77. The molecule has 0 aliphatic rings. The number of aryl methyl sites for hydroxylation is 1. The lowest BCUT2D eigenvalue weighted by molar-refractivity contribution is -0.117. The predicted molar refractivity (Wildman–Crippen MR) is 97.1 cm³/mol. The largest absolute Gasteiger partial charge is 0.336 e. The fourth-order valence-corrected chi connectivity index (χ4v) is 2.66. The molecule has 1 aromatic carbocycles. The van der Waals surface area contributed by atoms with Crippen molar-refractivity contribution in [2.75, 3.05) is 18.5 Å². The van der Waals surface area contributed by atoms with Gasteiger partial charge >= 0.3 is 0 Å². The van der Waals surface area contributed by atoms with Crippen LogP contribution in [0, 0.1) is 6.92 Å². The summed E-state index contributed by atoms with van der Waals surface area (Å²) in [6, 6.07) is 5.66. The molecule has 7 nitrogen and oxygen atoms in total. The van der Waals surface area contributed by atoms with Crippen molar-refractivity contribution in [3.05, 3.63) is 41.3 Å². The molecule has 0 saturated heterocycles. The molecule has 0 spiro atoms. The normalized spacial score (nSPS) is 11.4. The number of benzene rings is 1. The van der Waals surface area contributed by atoms with E-state index in [0.717, 1.165) is 16.6 Å². The van der Waals surface area contributed by atoms with Crippen molar-refractivity contribution >= 4 is 28.5 Å². The molecule has 0 aliphatic heterocycles. The third kappa shape index (κ3) is 3.73. The molecule has 0 aliphatic carbocycles. The first kappa shape index (κ1) is 17.6. The zero-order valence-corrected chi connectivity index (χ0v) is 15.1. The van der Waals surface area contributed by atoms with Crippen LogP contribution >= 0.6 is 11.6 Å². The summed E-state index contributed by atoms with van der Waals surface area (Å²) in [6.07, 6.45) is 2.62. The van der Waals surface area contributed by atoms with Crippen LogP contribution in [0.25, 0.3) is 16.7 Å². The third-order valence-corrected chi connectivity index (χ3v) is 3.89. The molecule has 0 amide bonds. The maximum Gasteiger partial charge on any atom is 0.239 e. The molecule has 3 aromatic rings. The van der Waals surface area contributed by atoms with E-state index in [1.165, 1.54) is 6.33 Å². The maximum absolute atomic E-state index is 6.14. The molecular formula is C17H20ClN5O2. The summed E-state index contributed by atoms with van der Waals surface area (Å²) in [4.78, 5) is 8.67. The number of nitrogens with one attached hydrogen (secondary N) is 1. The molecule has 0 unspecified atom stereocenters. The maximum atomic E-state index is 6.14. The minimum Gasteiger partial charge on any atom is -0.336 e. The van der Waals surface area contributed by atoms with Gasteiger partial charge in [-0.3, -0.25) is 0 Å². The van der Waals surface area contributed by atoms with E-state index in [1.807, 2.05) is 39.0 Å². The SMILES string of the molecule is CCOC(Nc1ncnc2c1cnn2-c1cc(Cl)ccc1C)OCC. The highest BCUT2D eigenvalue weighted by Crippen LogP contribution is 2.25. The molecule has 25 heavy (non-hydrogen) atoms. The highest BCUT2D eigenvalue weighted by molar-refractivity contribution is 6.30. The number of hydrogen-bond donors (Lipinski definition) is 1. The summed E-state index contributed by atoms with van der Waals surface area (Å²) in [6.45, 7) is 6.85. The topological polar surface area (TPSA) is 74.1 Å². The van der Waals surface area contributed by atoms with Crippen molar-refractivity contribution in [3.63, 3.8) is 0 Å². The summed E-state index contributed by atoms with van der Waals surface area (Å²) in [5.74, 6) is 0.600. The fourth-order valence-electron chi connectivity index (χ4n) is 2.49. The minimum atomic E-state index is -0.579. The zero-order chi connectivity index (χ0) is 17.8. The van der Waals surface area contributed by atoms with E-state index in [9.17, 15) is 0 Å². The Kier molecular flexibility index (Phi) is 5.47. The molecule has 2 heterocycles. The number of nitrogens with zero attached hydrogens (tertiary/aromatic N) is 4. The molecule has 1 N–H and O–H groups in total. The van der Waals surface area contributed by atoms with Gasteiger partial charge in [-0.05, 0) is 38.5 Å². The number of aromatic nitrogens is 4. The molecule has 0 radical (unpaired) electrons. The first-order chi connectivity index (χ1) is 12.1. The number of hydrogen-bond acceptors (Lipinski definition) is 6. The molecule has 0 fully saturated rings. The van der Waals surface area contributed by atoms with Crippen molar-refractivity contribution in [2.24, 2.45) is 0 Å². The van der Waals surface area contributed by atoms with Gasteiger partial charge in [-0.15, -0.1) is 0 Å². The van der Waals surface area contributed by atoms with E-state index in [2.05, 4.69) is 20.4 Å². The number of fused-ring (bicyclic) bond motifs is 1. The molecule has 8 heteroatoms. The van der Waals surface area contributed by atoms with Gasteiger partial charge in [0.2, 0.25) is 6.41 Å². The van der Waals surface area contributed by atoms with Crippen molar-refractivity contribution in [1.82, 2.24) is 19.7 Å². The summed E-state index contributed by atoms with van der Waals surface area (Å²) in [5, 5.41) is 9.01. The highest BCUT2D eigenvalue weighted by atomic mass is 35.5. The third-order valence-electron chi connectivity index (χ3n) is 3.66. The average Bonchev–Trinajstić information content (AvgIpc) is 3.02. The smallest absolute Gasteiger partial charge is 0.239 e.